The molecule has 1 aromatic carbocycles. The summed E-state index contributed by atoms with van der Waals surface area (Å²) in [5.41, 5.74) is -1.55. The number of hydrogen-bond acceptors (Lipinski definition) is 4. The molecule has 0 saturated carbocycles. The molecule has 1 unspecified atom stereocenters. The number of hydrogen-bond donors (Lipinski definition) is 1. The summed E-state index contributed by atoms with van der Waals surface area (Å²) < 4.78 is 8.13. The van der Waals surface area contributed by atoms with Gasteiger partial charge in [-0.2, -0.15) is 5.10 Å². The minimum atomic E-state index is -1.13. The normalized spacial score (nSPS) is 14.6. The fourth-order valence-electron chi connectivity index (χ4n) is 1.87. The van der Waals surface area contributed by atoms with E-state index in [0.29, 0.717) is 10.8 Å². The van der Waals surface area contributed by atoms with Crippen LogP contribution in [0.5, 0.6) is 5.75 Å². The summed E-state index contributed by atoms with van der Waals surface area (Å²) in [5, 5.41) is 15.6. The molecule has 0 bridgehead atoms. The number of aromatic nitrogens is 3. The van der Waals surface area contributed by atoms with Gasteiger partial charge in [-0.15, -0.1) is 0 Å². The van der Waals surface area contributed by atoms with Gasteiger partial charge in [-0.1, -0.05) is 38.4 Å². The van der Waals surface area contributed by atoms with Crippen molar-refractivity contribution in [1.29, 1.82) is 0 Å². The Kier molecular flexibility index (Phi) is 5.14. The number of ether oxygens (including phenoxy) is 1. The van der Waals surface area contributed by atoms with Crippen LogP contribution in [0.25, 0.3) is 0 Å². The topological polar surface area (TPSA) is 60.2 Å². The minimum absolute atomic E-state index is 0.0898. The molecule has 1 aromatic heterocycles. The van der Waals surface area contributed by atoms with Crippen LogP contribution in [0.1, 0.15) is 20.8 Å². The predicted molar refractivity (Wildman–Crippen MR) is 89.1 cm³/mol. The van der Waals surface area contributed by atoms with Crippen molar-refractivity contribution in [2.75, 3.05) is 6.61 Å². The summed E-state index contributed by atoms with van der Waals surface area (Å²) in [6.45, 7) is 6.23. The molecule has 120 valence electrons. The van der Waals surface area contributed by atoms with E-state index < -0.39 is 11.0 Å². The van der Waals surface area contributed by atoms with Crippen LogP contribution in [0.4, 0.5) is 0 Å². The van der Waals surface area contributed by atoms with Crippen LogP contribution in [-0.4, -0.2) is 32.1 Å². The molecule has 5 nitrogen and oxygen atoms in total. The first kappa shape index (κ1) is 17.2. The molecule has 1 N–H and O–H groups in total. The van der Waals surface area contributed by atoms with Gasteiger partial charge in [-0.25, -0.2) is 9.67 Å². The number of aliphatic hydroxyl groups is 1. The van der Waals surface area contributed by atoms with Crippen LogP contribution in [0, 0.1) is 5.41 Å². The molecule has 0 aliphatic carbocycles. The Morgan fingerprint density at radius 3 is 2.68 bits per heavy atom. The Balaban J connectivity index is 2.18. The third-order valence-electron chi connectivity index (χ3n) is 3.67. The largest absolute Gasteiger partial charge is 0.489 e. The van der Waals surface area contributed by atoms with Gasteiger partial charge >= 0.3 is 0 Å². The Bertz CT molecular complexity index is 628. The maximum absolute atomic E-state index is 11.1. The van der Waals surface area contributed by atoms with Crippen LogP contribution in [0.15, 0.2) is 35.3 Å². The molecule has 2 rings (SSSR count). The van der Waals surface area contributed by atoms with E-state index in [1.165, 1.54) is 6.33 Å². The average molecular weight is 389 g/mol. The van der Waals surface area contributed by atoms with Gasteiger partial charge in [-0.05, 0) is 33.5 Å². The molecule has 1 atom stereocenters. The summed E-state index contributed by atoms with van der Waals surface area (Å²) in [6.07, 6.45) is 3.01. The van der Waals surface area contributed by atoms with E-state index in [9.17, 15) is 5.11 Å². The second-order valence-corrected chi connectivity index (χ2v) is 7.45. The fourth-order valence-corrected chi connectivity index (χ4v) is 2.40. The molecule has 2 aromatic rings. The third-order valence-corrected chi connectivity index (χ3v) is 4.95. The molecular weight excluding hydrogens is 370 g/mol. The lowest BCUT2D eigenvalue weighted by atomic mass is 9.77. The van der Waals surface area contributed by atoms with Gasteiger partial charge in [0.25, 0.3) is 0 Å². The van der Waals surface area contributed by atoms with E-state index in [4.69, 9.17) is 16.3 Å². The van der Waals surface area contributed by atoms with Crippen LogP contribution in [0.2, 0.25) is 5.02 Å². The molecule has 0 amide bonds. The summed E-state index contributed by atoms with van der Waals surface area (Å²) >= 11 is 9.56. The highest BCUT2D eigenvalue weighted by Gasteiger charge is 2.42. The minimum Gasteiger partial charge on any atom is -0.489 e. The zero-order valence-electron chi connectivity index (χ0n) is 12.8. The smallest absolute Gasteiger partial charge is 0.139 e. The van der Waals surface area contributed by atoms with Crippen LogP contribution < -0.4 is 4.74 Å². The van der Waals surface area contributed by atoms with E-state index in [-0.39, 0.29) is 13.2 Å². The lowest BCUT2D eigenvalue weighted by Crippen LogP contribution is -2.51. The Morgan fingerprint density at radius 2 is 2.09 bits per heavy atom. The zero-order valence-corrected chi connectivity index (χ0v) is 15.1. The molecule has 0 fully saturated rings. The monoisotopic (exact) mass is 387 g/mol. The molecule has 0 saturated heterocycles. The number of halogens is 2. The second-order valence-electron chi connectivity index (χ2n) is 6.22. The molecule has 1 heterocycles. The van der Waals surface area contributed by atoms with Crippen molar-refractivity contribution in [2.24, 2.45) is 5.41 Å². The highest BCUT2D eigenvalue weighted by Crippen LogP contribution is 2.35. The van der Waals surface area contributed by atoms with Crippen molar-refractivity contribution in [2.45, 2.75) is 32.9 Å². The molecule has 0 spiro atoms. The highest BCUT2D eigenvalue weighted by atomic mass is 79.9. The number of rotatable bonds is 5. The molecule has 0 aliphatic heterocycles. The fraction of sp³-hybridized carbons (Fsp3) is 0.467. The van der Waals surface area contributed by atoms with Gasteiger partial charge in [0.15, 0.2) is 0 Å². The first-order valence-corrected chi connectivity index (χ1v) is 8.02. The van der Waals surface area contributed by atoms with Gasteiger partial charge in [0.2, 0.25) is 0 Å². The Labute approximate surface area is 143 Å². The first-order valence-electron chi connectivity index (χ1n) is 6.84. The average Bonchev–Trinajstić information content (AvgIpc) is 2.92. The van der Waals surface area contributed by atoms with Gasteiger partial charge < -0.3 is 9.84 Å². The Morgan fingerprint density at radius 1 is 1.36 bits per heavy atom. The maximum atomic E-state index is 11.1. The van der Waals surface area contributed by atoms with Gasteiger partial charge in [-0.3, -0.25) is 0 Å². The molecule has 22 heavy (non-hydrogen) atoms. The van der Waals surface area contributed by atoms with Gasteiger partial charge in [0.05, 0.1) is 11.6 Å². The van der Waals surface area contributed by atoms with E-state index in [1.54, 1.807) is 17.1 Å². The van der Waals surface area contributed by atoms with Crippen molar-refractivity contribution < 1.29 is 9.84 Å². The molecule has 0 aliphatic rings. The lowest BCUT2D eigenvalue weighted by molar-refractivity contribution is -0.101. The van der Waals surface area contributed by atoms with Crippen molar-refractivity contribution in [3.8, 4) is 5.75 Å². The summed E-state index contributed by atoms with van der Waals surface area (Å²) in [7, 11) is 0. The number of nitrogens with zero attached hydrogens (tertiary/aromatic N) is 3. The standard InChI is InChI=1S/C15H19BrClN3O2/c1-14(2,3)15(21,7-20-10-18-9-19-20)8-22-12-6-4-5-11(16)13(12)17/h4-6,9-10,21H,7-8H2,1-3H3. The van der Waals surface area contributed by atoms with Gasteiger partial charge in [0.1, 0.15) is 30.6 Å². The predicted octanol–water partition coefficient (Wildman–Crippen LogP) is 3.55. The number of benzene rings is 1. The summed E-state index contributed by atoms with van der Waals surface area (Å²) in [6, 6.07) is 5.44. The van der Waals surface area contributed by atoms with Crippen LogP contribution in [0.3, 0.4) is 0 Å². The quantitative estimate of drug-likeness (QED) is 0.851. The van der Waals surface area contributed by atoms with E-state index in [2.05, 4.69) is 26.0 Å². The van der Waals surface area contributed by atoms with Crippen molar-refractivity contribution in [1.82, 2.24) is 14.8 Å². The molecule has 0 radical (unpaired) electrons. The van der Waals surface area contributed by atoms with E-state index >= 15 is 0 Å². The van der Waals surface area contributed by atoms with E-state index in [1.807, 2.05) is 32.9 Å². The van der Waals surface area contributed by atoms with Gasteiger partial charge in [0, 0.05) is 4.47 Å². The van der Waals surface area contributed by atoms with Crippen LogP contribution >= 0.6 is 27.5 Å². The van der Waals surface area contributed by atoms with E-state index in [0.717, 1.165) is 4.47 Å². The van der Waals surface area contributed by atoms with Crippen molar-refractivity contribution in [3.05, 3.63) is 40.3 Å². The zero-order chi connectivity index (χ0) is 16.4. The summed E-state index contributed by atoms with van der Waals surface area (Å²) in [4.78, 5) is 3.91. The van der Waals surface area contributed by atoms with Crippen molar-refractivity contribution >= 4 is 27.5 Å². The first-order chi connectivity index (χ1) is 10.2. The highest BCUT2D eigenvalue weighted by molar-refractivity contribution is 9.10. The lowest BCUT2D eigenvalue weighted by Gasteiger charge is -2.39. The molecule has 7 heteroatoms. The Hall–Kier alpha value is -1.11. The molecular formula is C15H19BrClN3O2. The third kappa shape index (κ3) is 3.80. The summed E-state index contributed by atoms with van der Waals surface area (Å²) in [5.74, 6) is 0.525. The maximum Gasteiger partial charge on any atom is 0.139 e. The van der Waals surface area contributed by atoms with Crippen molar-refractivity contribution in [3.63, 3.8) is 0 Å². The van der Waals surface area contributed by atoms with Crippen LogP contribution in [-0.2, 0) is 6.54 Å². The second kappa shape index (κ2) is 6.56. The SMILES string of the molecule is CC(C)(C)C(O)(COc1cccc(Br)c1Cl)Cn1cncn1.